The first-order valence-corrected chi connectivity index (χ1v) is 11.7. The van der Waals surface area contributed by atoms with Crippen LogP contribution in [0.1, 0.15) is 16.8 Å². The summed E-state index contributed by atoms with van der Waals surface area (Å²) in [5, 5.41) is 0. The first-order valence-electron chi connectivity index (χ1n) is 11.7. The van der Waals surface area contributed by atoms with E-state index in [0.717, 1.165) is 6.42 Å². The van der Waals surface area contributed by atoms with Crippen LogP contribution in [-0.4, -0.2) is 43.5 Å². The van der Waals surface area contributed by atoms with Crippen molar-refractivity contribution in [1.82, 2.24) is 4.90 Å². The molecule has 0 unspecified atom stereocenters. The Morgan fingerprint density at radius 1 is 0.941 bits per heavy atom. The van der Waals surface area contributed by atoms with Gasteiger partial charge in [-0.2, -0.15) is 0 Å². The van der Waals surface area contributed by atoms with Crippen molar-refractivity contribution in [2.24, 2.45) is 35.5 Å². The first-order chi connectivity index (χ1) is 16.5. The van der Waals surface area contributed by atoms with Crippen molar-refractivity contribution >= 4 is 23.4 Å². The number of likely N-dealkylation sites (tertiary alicyclic amines) is 1. The SMILES string of the molecule is COc1cccc(C(=O)N(CN2C(=O)[C@H]3[C@@H]4C=C[C@H]([C@H]5C[C@H]45)[C@@H]3C2=O)c2ccccc2OC)c1. The third-order valence-corrected chi connectivity index (χ3v) is 7.97. The number of para-hydroxylation sites is 2. The molecule has 1 heterocycles. The Hall–Kier alpha value is -3.61. The molecule has 2 bridgehead atoms. The quantitative estimate of drug-likeness (QED) is 0.490. The van der Waals surface area contributed by atoms with Crippen LogP contribution in [0.3, 0.4) is 0 Å². The molecule has 34 heavy (non-hydrogen) atoms. The molecule has 7 rings (SSSR count). The van der Waals surface area contributed by atoms with Gasteiger partial charge in [-0.3, -0.25) is 24.2 Å². The molecule has 0 spiro atoms. The summed E-state index contributed by atoms with van der Waals surface area (Å²) in [5.74, 6) is 1.05. The number of rotatable bonds is 6. The Labute approximate surface area is 197 Å². The van der Waals surface area contributed by atoms with Crippen molar-refractivity contribution in [2.45, 2.75) is 6.42 Å². The van der Waals surface area contributed by atoms with Gasteiger partial charge >= 0.3 is 0 Å². The molecule has 7 nitrogen and oxygen atoms in total. The summed E-state index contributed by atoms with van der Waals surface area (Å²) in [6.07, 6.45) is 5.40. The highest BCUT2D eigenvalue weighted by Crippen LogP contribution is 2.65. The minimum atomic E-state index is -0.345. The van der Waals surface area contributed by atoms with E-state index >= 15 is 0 Å². The van der Waals surface area contributed by atoms with Crippen LogP contribution in [0.4, 0.5) is 5.69 Å². The third-order valence-electron chi connectivity index (χ3n) is 7.97. The minimum Gasteiger partial charge on any atom is -0.497 e. The topological polar surface area (TPSA) is 76.2 Å². The largest absolute Gasteiger partial charge is 0.497 e. The number of ether oxygens (including phenoxy) is 2. The van der Waals surface area contributed by atoms with Gasteiger partial charge in [0.2, 0.25) is 11.8 Å². The summed E-state index contributed by atoms with van der Waals surface area (Å²) in [6.45, 7) is -0.157. The van der Waals surface area contributed by atoms with Gasteiger partial charge in [0.15, 0.2) is 0 Å². The predicted molar refractivity (Wildman–Crippen MR) is 124 cm³/mol. The molecule has 0 N–H and O–H groups in total. The van der Waals surface area contributed by atoms with Crippen molar-refractivity contribution in [1.29, 1.82) is 0 Å². The zero-order chi connectivity index (χ0) is 23.6. The van der Waals surface area contributed by atoms with Crippen LogP contribution >= 0.6 is 0 Å². The summed E-state index contributed by atoms with van der Waals surface area (Å²) >= 11 is 0. The van der Waals surface area contributed by atoms with Crippen LogP contribution in [0.25, 0.3) is 0 Å². The molecule has 3 fully saturated rings. The third kappa shape index (κ3) is 2.99. The Bertz CT molecular complexity index is 1190. The molecule has 2 aromatic rings. The maximum atomic E-state index is 13.8. The number of allylic oxidation sites excluding steroid dienone is 2. The maximum Gasteiger partial charge on any atom is 0.260 e. The molecular formula is C27H26N2O5. The van der Waals surface area contributed by atoms with Crippen molar-refractivity contribution in [3.05, 3.63) is 66.2 Å². The molecule has 6 atom stereocenters. The van der Waals surface area contributed by atoms with E-state index in [4.69, 9.17) is 9.47 Å². The Kier molecular flexibility index (Phi) is 4.76. The summed E-state index contributed by atoms with van der Waals surface area (Å²) in [6, 6.07) is 14.0. The zero-order valence-corrected chi connectivity index (χ0v) is 19.1. The van der Waals surface area contributed by atoms with Crippen molar-refractivity contribution < 1.29 is 23.9 Å². The second-order valence-corrected chi connectivity index (χ2v) is 9.54. The van der Waals surface area contributed by atoms with Crippen molar-refractivity contribution in [3.8, 4) is 11.5 Å². The molecule has 7 heteroatoms. The maximum absolute atomic E-state index is 13.8. The second-order valence-electron chi connectivity index (χ2n) is 9.54. The normalized spacial score (nSPS) is 30.1. The highest BCUT2D eigenvalue weighted by Gasteiger charge is 2.67. The van der Waals surface area contributed by atoms with Crippen LogP contribution in [0.15, 0.2) is 60.7 Å². The number of carbonyl (C=O) groups excluding carboxylic acids is 3. The second kappa shape index (κ2) is 7.72. The molecule has 174 valence electrons. The number of amides is 3. The van der Waals surface area contributed by atoms with Crippen LogP contribution in [0, 0.1) is 35.5 Å². The van der Waals surface area contributed by atoms with Gasteiger partial charge in [-0.25, -0.2) is 0 Å². The molecule has 2 aromatic carbocycles. The number of hydrogen-bond donors (Lipinski definition) is 0. The number of benzene rings is 2. The average Bonchev–Trinajstić information content (AvgIpc) is 3.67. The fraction of sp³-hybridized carbons (Fsp3) is 0.370. The fourth-order valence-electron chi connectivity index (χ4n) is 6.31. The van der Waals surface area contributed by atoms with Gasteiger partial charge < -0.3 is 9.47 Å². The van der Waals surface area contributed by atoms with Gasteiger partial charge in [0.05, 0.1) is 31.7 Å². The lowest BCUT2D eigenvalue weighted by Crippen LogP contribution is -2.45. The molecule has 1 saturated heterocycles. The van der Waals surface area contributed by atoms with Crippen LogP contribution < -0.4 is 14.4 Å². The molecule has 2 saturated carbocycles. The fourth-order valence-corrected chi connectivity index (χ4v) is 6.31. The Morgan fingerprint density at radius 3 is 2.26 bits per heavy atom. The molecule has 0 radical (unpaired) electrons. The van der Waals surface area contributed by atoms with Crippen molar-refractivity contribution in [3.63, 3.8) is 0 Å². The van der Waals surface area contributed by atoms with Crippen molar-refractivity contribution in [2.75, 3.05) is 25.8 Å². The van der Waals surface area contributed by atoms with E-state index in [9.17, 15) is 14.4 Å². The van der Waals surface area contributed by atoms with Crippen LogP contribution in [0.5, 0.6) is 11.5 Å². The number of imide groups is 1. The summed E-state index contributed by atoms with van der Waals surface area (Å²) in [7, 11) is 3.07. The van der Waals surface area contributed by atoms with Gasteiger partial charge in [0.1, 0.15) is 18.2 Å². The monoisotopic (exact) mass is 458 g/mol. The lowest BCUT2D eigenvalue weighted by Gasteiger charge is -2.37. The number of carbonyl (C=O) groups is 3. The van der Waals surface area contributed by atoms with Gasteiger partial charge in [-0.1, -0.05) is 30.4 Å². The summed E-state index contributed by atoms with van der Waals surface area (Å²) in [4.78, 5) is 43.6. The average molecular weight is 459 g/mol. The van der Waals surface area contributed by atoms with E-state index in [0.29, 0.717) is 34.6 Å². The lowest BCUT2D eigenvalue weighted by atomic mass is 9.63. The summed E-state index contributed by atoms with van der Waals surface area (Å²) in [5.41, 5.74) is 0.891. The van der Waals surface area contributed by atoms with Gasteiger partial charge in [0.25, 0.3) is 5.91 Å². The molecule has 0 aromatic heterocycles. The number of methoxy groups -OCH3 is 2. The summed E-state index contributed by atoms with van der Waals surface area (Å²) < 4.78 is 10.8. The van der Waals surface area contributed by atoms with E-state index < -0.39 is 0 Å². The smallest absolute Gasteiger partial charge is 0.260 e. The van der Waals surface area contributed by atoms with E-state index in [-0.39, 0.29) is 48.1 Å². The van der Waals surface area contributed by atoms with E-state index in [2.05, 4.69) is 12.2 Å². The minimum absolute atomic E-state index is 0.134. The van der Waals surface area contributed by atoms with Gasteiger partial charge in [-0.15, -0.1) is 0 Å². The van der Waals surface area contributed by atoms with E-state index in [1.54, 1.807) is 42.5 Å². The number of nitrogens with zero attached hydrogens (tertiary/aromatic N) is 2. The first kappa shape index (κ1) is 21.0. The molecule has 3 amide bonds. The molecule has 5 aliphatic rings. The van der Waals surface area contributed by atoms with E-state index in [1.165, 1.54) is 24.0 Å². The Balaban J connectivity index is 1.37. The zero-order valence-electron chi connectivity index (χ0n) is 19.1. The van der Waals surface area contributed by atoms with Crippen LogP contribution in [-0.2, 0) is 9.59 Å². The number of anilines is 1. The highest BCUT2D eigenvalue weighted by molar-refractivity contribution is 6.10. The van der Waals surface area contributed by atoms with Crippen LogP contribution in [0.2, 0.25) is 0 Å². The molecule has 1 aliphatic heterocycles. The number of hydrogen-bond acceptors (Lipinski definition) is 5. The van der Waals surface area contributed by atoms with E-state index in [1.807, 2.05) is 6.07 Å². The Morgan fingerprint density at radius 2 is 1.62 bits per heavy atom. The predicted octanol–water partition coefficient (Wildman–Crippen LogP) is 3.36. The lowest BCUT2D eigenvalue weighted by molar-refractivity contribution is -0.140. The highest BCUT2D eigenvalue weighted by atomic mass is 16.5. The molecule has 4 aliphatic carbocycles. The van der Waals surface area contributed by atoms with Gasteiger partial charge in [0, 0.05) is 5.56 Å². The molecular weight excluding hydrogens is 432 g/mol. The standard InChI is InChI=1S/C27H26N2O5/c1-33-16-7-5-6-15(12-16)25(30)28(21-8-3-4-9-22(21)34-2)14-29-26(31)23-17-10-11-18(20-13-19(17)20)24(23)27(29)32/h3-12,17-20,23-24H,13-14H2,1-2H3/t17-,18-,19-,20-,23+,24+/m1/s1. The van der Waals surface area contributed by atoms with Gasteiger partial charge in [-0.05, 0) is 60.4 Å².